The van der Waals surface area contributed by atoms with Gasteiger partial charge in [-0.2, -0.15) is 0 Å². The molecule has 1 fully saturated rings. The smallest absolute Gasteiger partial charge is 0.128 e. The zero-order valence-electron chi connectivity index (χ0n) is 9.25. The maximum atomic E-state index is 10.1. The van der Waals surface area contributed by atoms with Crippen LogP contribution in [0.1, 0.15) is 30.9 Å². The van der Waals surface area contributed by atoms with Crippen molar-refractivity contribution in [1.29, 1.82) is 0 Å². The van der Waals surface area contributed by atoms with Crippen LogP contribution in [0.25, 0.3) is 0 Å². The SMILES string of the molecule is Cc1ccccc1C#C[C@@]1(O)CC[C@@H]1C. The lowest BCUT2D eigenvalue weighted by atomic mass is 9.71. The Hall–Kier alpha value is -1.26. The van der Waals surface area contributed by atoms with Crippen LogP contribution in [0.5, 0.6) is 0 Å². The number of hydrogen-bond acceptors (Lipinski definition) is 1. The van der Waals surface area contributed by atoms with Crippen molar-refractivity contribution >= 4 is 0 Å². The van der Waals surface area contributed by atoms with Crippen molar-refractivity contribution in [3.05, 3.63) is 35.4 Å². The van der Waals surface area contributed by atoms with Gasteiger partial charge in [0.15, 0.2) is 0 Å². The summed E-state index contributed by atoms with van der Waals surface area (Å²) >= 11 is 0. The summed E-state index contributed by atoms with van der Waals surface area (Å²) < 4.78 is 0. The van der Waals surface area contributed by atoms with Crippen LogP contribution in [0.4, 0.5) is 0 Å². The van der Waals surface area contributed by atoms with E-state index in [1.807, 2.05) is 31.2 Å². The zero-order chi connectivity index (χ0) is 10.9. The van der Waals surface area contributed by atoms with Crippen molar-refractivity contribution in [3.63, 3.8) is 0 Å². The van der Waals surface area contributed by atoms with Crippen LogP contribution in [0.3, 0.4) is 0 Å². The van der Waals surface area contributed by atoms with Crippen molar-refractivity contribution < 1.29 is 5.11 Å². The Morgan fingerprint density at radius 3 is 2.67 bits per heavy atom. The van der Waals surface area contributed by atoms with Crippen LogP contribution >= 0.6 is 0 Å². The molecule has 1 saturated carbocycles. The minimum atomic E-state index is -0.734. The highest BCUT2D eigenvalue weighted by molar-refractivity contribution is 5.42. The number of hydrogen-bond donors (Lipinski definition) is 1. The summed E-state index contributed by atoms with van der Waals surface area (Å²) in [6.07, 6.45) is 1.89. The fraction of sp³-hybridized carbons (Fsp3) is 0.429. The summed E-state index contributed by atoms with van der Waals surface area (Å²) in [5.74, 6) is 6.41. The predicted octanol–water partition coefficient (Wildman–Crippen LogP) is 2.51. The van der Waals surface area contributed by atoms with Gasteiger partial charge in [-0.3, -0.25) is 0 Å². The lowest BCUT2D eigenvalue weighted by Gasteiger charge is -2.39. The third kappa shape index (κ3) is 1.91. The van der Waals surface area contributed by atoms with E-state index < -0.39 is 5.60 Å². The Bertz CT molecular complexity index is 424. The van der Waals surface area contributed by atoms with Gasteiger partial charge in [-0.05, 0) is 37.3 Å². The van der Waals surface area contributed by atoms with Gasteiger partial charge in [-0.15, -0.1) is 0 Å². The summed E-state index contributed by atoms with van der Waals surface area (Å²) in [6.45, 7) is 4.09. The lowest BCUT2D eigenvalue weighted by molar-refractivity contribution is -0.0331. The van der Waals surface area contributed by atoms with Crippen LogP contribution in [-0.2, 0) is 0 Å². The Morgan fingerprint density at radius 2 is 2.13 bits per heavy atom. The van der Waals surface area contributed by atoms with E-state index in [-0.39, 0.29) is 0 Å². The second-order valence-corrected chi connectivity index (χ2v) is 4.43. The molecular weight excluding hydrogens is 184 g/mol. The van der Waals surface area contributed by atoms with Crippen LogP contribution in [0.2, 0.25) is 0 Å². The lowest BCUT2D eigenvalue weighted by Crippen LogP contribution is -2.44. The molecule has 2 rings (SSSR count). The Kier molecular flexibility index (Phi) is 2.54. The largest absolute Gasteiger partial charge is 0.377 e. The molecule has 0 aromatic heterocycles. The number of aliphatic hydroxyl groups is 1. The molecule has 0 radical (unpaired) electrons. The summed E-state index contributed by atoms with van der Waals surface area (Å²) in [5.41, 5.74) is 1.45. The minimum Gasteiger partial charge on any atom is -0.377 e. The highest BCUT2D eigenvalue weighted by atomic mass is 16.3. The topological polar surface area (TPSA) is 20.2 Å². The maximum absolute atomic E-state index is 10.1. The van der Waals surface area contributed by atoms with Crippen molar-refractivity contribution in [2.45, 2.75) is 32.3 Å². The molecule has 0 bridgehead atoms. The molecule has 78 valence electrons. The number of aryl methyl sites for hydroxylation is 1. The van der Waals surface area contributed by atoms with Gasteiger partial charge in [0.05, 0.1) is 0 Å². The van der Waals surface area contributed by atoms with Gasteiger partial charge in [0.1, 0.15) is 5.60 Å². The predicted molar refractivity (Wildman–Crippen MR) is 61.4 cm³/mol. The molecular formula is C14H16O. The fourth-order valence-electron chi connectivity index (χ4n) is 1.78. The average Bonchev–Trinajstić information content (AvgIpc) is 2.25. The molecule has 1 heteroatoms. The first kappa shape index (κ1) is 10.3. The summed E-state index contributed by atoms with van der Waals surface area (Å²) in [5, 5.41) is 10.1. The monoisotopic (exact) mass is 200 g/mol. The first-order valence-corrected chi connectivity index (χ1v) is 5.43. The van der Waals surface area contributed by atoms with E-state index in [4.69, 9.17) is 0 Å². The van der Waals surface area contributed by atoms with E-state index in [2.05, 4.69) is 18.8 Å². The summed E-state index contributed by atoms with van der Waals surface area (Å²) in [7, 11) is 0. The van der Waals surface area contributed by atoms with Gasteiger partial charge < -0.3 is 5.11 Å². The molecule has 0 saturated heterocycles. The number of benzene rings is 1. The molecule has 1 nitrogen and oxygen atoms in total. The van der Waals surface area contributed by atoms with Crippen molar-refractivity contribution in [3.8, 4) is 11.8 Å². The molecule has 0 heterocycles. The van der Waals surface area contributed by atoms with Gasteiger partial charge in [-0.25, -0.2) is 0 Å². The molecule has 1 aliphatic carbocycles. The van der Waals surface area contributed by atoms with E-state index in [0.717, 1.165) is 18.4 Å². The van der Waals surface area contributed by atoms with Gasteiger partial charge in [-0.1, -0.05) is 37.0 Å². The standard InChI is InChI=1S/C14H16O/c1-11-5-3-4-6-13(11)8-10-14(15)9-7-12(14)2/h3-6,12,15H,7,9H2,1-2H3/t12-,14-/m0/s1. The normalized spacial score (nSPS) is 28.9. The quantitative estimate of drug-likeness (QED) is 0.638. The van der Waals surface area contributed by atoms with Gasteiger partial charge >= 0.3 is 0 Å². The Morgan fingerprint density at radius 1 is 1.40 bits per heavy atom. The van der Waals surface area contributed by atoms with Crippen LogP contribution in [-0.4, -0.2) is 10.7 Å². The third-order valence-electron chi connectivity index (χ3n) is 3.33. The van der Waals surface area contributed by atoms with E-state index in [9.17, 15) is 5.11 Å². The highest BCUT2D eigenvalue weighted by Crippen LogP contribution is 2.37. The molecule has 1 aromatic rings. The summed E-state index contributed by atoms with van der Waals surface area (Å²) in [4.78, 5) is 0. The Balaban J connectivity index is 2.22. The molecule has 0 amide bonds. The summed E-state index contributed by atoms with van der Waals surface area (Å²) in [6, 6.07) is 8.01. The van der Waals surface area contributed by atoms with Crippen LogP contribution in [0, 0.1) is 24.7 Å². The maximum Gasteiger partial charge on any atom is 0.128 e. The van der Waals surface area contributed by atoms with Crippen LogP contribution < -0.4 is 0 Å². The van der Waals surface area contributed by atoms with Crippen molar-refractivity contribution in [2.24, 2.45) is 5.92 Å². The first-order chi connectivity index (χ1) is 7.12. The zero-order valence-corrected chi connectivity index (χ0v) is 9.25. The van der Waals surface area contributed by atoms with E-state index in [0.29, 0.717) is 5.92 Å². The second kappa shape index (κ2) is 3.72. The molecule has 1 aromatic carbocycles. The molecule has 0 unspecified atom stereocenters. The van der Waals surface area contributed by atoms with Gasteiger partial charge in [0.2, 0.25) is 0 Å². The second-order valence-electron chi connectivity index (χ2n) is 4.43. The van der Waals surface area contributed by atoms with Gasteiger partial charge in [0, 0.05) is 5.56 Å². The fourth-order valence-corrected chi connectivity index (χ4v) is 1.78. The number of rotatable bonds is 0. The third-order valence-corrected chi connectivity index (χ3v) is 3.33. The molecule has 0 spiro atoms. The molecule has 2 atom stereocenters. The average molecular weight is 200 g/mol. The highest BCUT2D eigenvalue weighted by Gasteiger charge is 2.40. The van der Waals surface area contributed by atoms with Crippen LogP contribution in [0.15, 0.2) is 24.3 Å². The minimum absolute atomic E-state index is 0.314. The van der Waals surface area contributed by atoms with Gasteiger partial charge in [0.25, 0.3) is 0 Å². The van der Waals surface area contributed by atoms with E-state index in [1.165, 1.54) is 5.56 Å². The first-order valence-electron chi connectivity index (χ1n) is 5.43. The van der Waals surface area contributed by atoms with E-state index in [1.54, 1.807) is 0 Å². The molecule has 1 N–H and O–H groups in total. The molecule has 1 aliphatic rings. The Labute approximate surface area is 91.1 Å². The van der Waals surface area contributed by atoms with E-state index >= 15 is 0 Å². The van der Waals surface area contributed by atoms with Crippen molar-refractivity contribution in [1.82, 2.24) is 0 Å². The molecule has 0 aliphatic heterocycles. The molecule has 15 heavy (non-hydrogen) atoms. The van der Waals surface area contributed by atoms with Crippen molar-refractivity contribution in [2.75, 3.05) is 0 Å².